The molecule has 126 heavy (non-hydrogen) atoms. The molecule has 22 heteroatoms. The van der Waals surface area contributed by atoms with Crippen LogP contribution in [0.2, 0.25) is 5.02 Å². The van der Waals surface area contributed by atoms with Gasteiger partial charge in [-0.2, -0.15) is 140 Å². The number of hydrogen-bond acceptors (Lipinski definition) is 0. The highest BCUT2D eigenvalue weighted by Crippen LogP contribution is 2.38. The monoisotopic (exact) mass is 1730 g/mol. The van der Waals surface area contributed by atoms with Crippen LogP contribution in [0.25, 0.3) is 0 Å². The van der Waals surface area contributed by atoms with Gasteiger partial charge in [0.15, 0.2) is 0 Å². The van der Waals surface area contributed by atoms with E-state index in [2.05, 4.69) is 140 Å². The van der Waals surface area contributed by atoms with Gasteiger partial charge in [0.1, 0.15) is 24.6 Å². The summed E-state index contributed by atoms with van der Waals surface area (Å²) in [5.41, 5.74) is 2.01. The van der Waals surface area contributed by atoms with E-state index in [1.807, 2.05) is 78.9 Å². The highest BCUT2D eigenvalue weighted by Gasteiger charge is 2.45. The third-order valence-electron chi connectivity index (χ3n) is 23.7. The Labute approximate surface area is 725 Å². The average molecular weight is 1730 g/mol. The highest BCUT2D eigenvalue weighted by atomic mass is 35.5. The molecule has 0 spiro atoms. The summed E-state index contributed by atoms with van der Waals surface area (Å²) in [5.74, 6) is -2.84. The van der Waals surface area contributed by atoms with Crippen molar-refractivity contribution in [2.45, 2.75) is 52.4 Å². The van der Waals surface area contributed by atoms with E-state index in [1.54, 1.807) is 56.3 Å². The molecule has 0 heterocycles. The molecule has 0 unspecified atom stereocenters. The minimum atomic E-state index is -5.35. The summed E-state index contributed by atoms with van der Waals surface area (Å²) < 4.78 is 246. The maximum Gasteiger partial charge on any atom is 0.416 e. The molecule has 636 valence electrons. The van der Waals surface area contributed by atoms with Gasteiger partial charge in [-0.15, -0.1) is 0 Å². The van der Waals surface area contributed by atoms with Gasteiger partial charge < -0.3 is 0 Å². The van der Waals surface area contributed by atoms with E-state index in [4.69, 9.17) is 11.6 Å². The summed E-state index contributed by atoms with van der Waals surface area (Å²) in [6.07, 6.45) is -30.1. The summed E-state index contributed by atoms with van der Waals surface area (Å²) in [7, 11) is 0. The Hall–Kier alpha value is -13.1. The zero-order valence-corrected chi connectivity index (χ0v) is 69.0. The van der Waals surface area contributed by atoms with Crippen molar-refractivity contribution in [1.82, 2.24) is 0 Å². The van der Waals surface area contributed by atoms with Gasteiger partial charge in [0.05, 0.1) is 51.3 Å². The number of benzene rings is 16. The van der Waals surface area contributed by atoms with E-state index in [0.717, 1.165) is 56.6 Å². The van der Waals surface area contributed by atoms with Gasteiger partial charge in [0.2, 0.25) is 0 Å². The topological polar surface area (TPSA) is 0 Å². The van der Waals surface area contributed by atoms with Gasteiger partial charge in [-0.1, -0.05) is 380 Å². The first kappa shape index (κ1) is 90.6. The van der Waals surface area contributed by atoms with Gasteiger partial charge in [-0.3, -0.25) is 0 Å². The predicted molar refractivity (Wildman–Crippen MR) is 484 cm³/mol. The molecular weight excluding hydrogens is 1650 g/mol. The lowest BCUT2D eigenvalue weighted by atomic mass is 9.12. The fourth-order valence-electron chi connectivity index (χ4n) is 18.7. The summed E-state index contributed by atoms with van der Waals surface area (Å²) in [6, 6.07) is 111. The molecule has 0 aliphatic carbocycles. The van der Waals surface area contributed by atoms with Gasteiger partial charge in [0, 0.05) is 5.02 Å². The quantitative estimate of drug-likeness (QED) is 0.0668. The number of halogens is 18. The molecule has 0 bridgehead atoms. The molecule has 0 N–H and O–H groups in total. The number of alkyl halides is 12. The van der Waals surface area contributed by atoms with Crippen LogP contribution in [0.1, 0.15) is 44.5 Å². The first-order valence-electron chi connectivity index (χ1n) is 40.4. The second-order valence-corrected chi connectivity index (χ2v) is 32.0. The van der Waals surface area contributed by atoms with Crippen LogP contribution in [0.5, 0.6) is 0 Å². The summed E-state index contributed by atoms with van der Waals surface area (Å²) in [4.78, 5) is 0. The number of aryl methyl sites for hydroxylation is 4. The molecule has 16 aromatic carbocycles. The Balaban J connectivity index is 0.000000148. The van der Waals surface area contributed by atoms with Crippen molar-refractivity contribution < 1.29 is 74.6 Å². The van der Waals surface area contributed by atoms with Crippen molar-refractivity contribution in [3.8, 4) is 0 Å². The zero-order chi connectivity index (χ0) is 90.0. The second kappa shape index (κ2) is 37.8. The maximum atomic E-state index is 15.2. The molecular formula is C104H78B4ClF17-4. The molecule has 0 aliphatic rings. The average Bonchev–Trinajstić information content (AvgIpc) is 0.750. The van der Waals surface area contributed by atoms with E-state index in [0.29, 0.717) is 35.4 Å². The first-order valence-corrected chi connectivity index (χ1v) is 40.8. The van der Waals surface area contributed by atoms with Crippen molar-refractivity contribution in [1.29, 1.82) is 0 Å². The molecule has 0 nitrogen and oxygen atoms in total. The maximum absolute atomic E-state index is 15.2. The Morgan fingerprint density at radius 2 is 0.357 bits per heavy atom. The Morgan fingerprint density at radius 3 is 0.595 bits per heavy atom. The van der Waals surface area contributed by atoms with Crippen LogP contribution in [-0.4, -0.2) is 24.6 Å². The van der Waals surface area contributed by atoms with Crippen LogP contribution in [0.3, 0.4) is 0 Å². The van der Waals surface area contributed by atoms with Gasteiger partial charge in [-0.25, -0.2) is 22.0 Å². The molecule has 16 aromatic rings. The lowest BCUT2D eigenvalue weighted by Crippen LogP contribution is -2.77. The summed E-state index contributed by atoms with van der Waals surface area (Å²) >= 11 is 6.77. The van der Waals surface area contributed by atoms with E-state index >= 15 is 22.0 Å². The van der Waals surface area contributed by atoms with Crippen molar-refractivity contribution in [2.24, 2.45) is 0 Å². The highest BCUT2D eigenvalue weighted by molar-refractivity contribution is 7.22. The van der Waals surface area contributed by atoms with E-state index < -0.39 is 111 Å². The fraction of sp³-hybridized carbons (Fsp3) is 0.0769. The van der Waals surface area contributed by atoms with Crippen molar-refractivity contribution in [3.05, 3.63) is 479 Å². The molecule has 0 amide bonds. The smallest absolute Gasteiger partial charge is 0.210 e. The third-order valence-corrected chi connectivity index (χ3v) is 24.1. The standard InChI is InChI=1S/C32H24BF12.C24H19BCl.C24H16BF4.C24H19BF/c1-17-5-18(2)9-25(8-17)33(26-10-19(3)6-21(13-26)29(34,35)36,27-11-20(4)7-22(14-27)30(37,38)39)28-15-23(31(40,41)42)12-24(16-28)32(43,44)45;26-24-19-11-10-18-23(24)25(20-12-4-1-5-13-20,21-14-6-2-7-15-21)22-16-8-3-9-17-22;26-21-13-5-1-9-17(21)25(18-10-2-6-14-22(18)27,19-11-3-7-15-23(19)28)20-12-4-8-16-24(20)29;26-24-19-11-10-18-23(24)25(20-12-4-1-5-13-20,21-14-6-2-7-15-21)22-16-8-3-9-17-22/h5-16H,1-4H3;1-19H;1-16H;1-19H/q4*-1. The van der Waals surface area contributed by atoms with E-state index in [9.17, 15) is 52.7 Å². The van der Waals surface area contributed by atoms with Crippen molar-refractivity contribution in [2.75, 3.05) is 0 Å². The van der Waals surface area contributed by atoms with Crippen LogP contribution in [0.15, 0.2) is 400 Å². The second-order valence-electron chi connectivity index (χ2n) is 31.6. The lowest BCUT2D eigenvalue weighted by Gasteiger charge is -2.46. The molecule has 0 radical (unpaired) electrons. The Kier molecular flexibility index (Phi) is 27.1. The van der Waals surface area contributed by atoms with Crippen molar-refractivity contribution >= 4 is 124 Å². The van der Waals surface area contributed by atoms with Gasteiger partial charge in [-0.05, 0) is 82.3 Å². The molecule has 0 saturated heterocycles. The largest absolute Gasteiger partial charge is 0.416 e. The Bertz CT molecular complexity index is 5770. The van der Waals surface area contributed by atoms with Gasteiger partial charge >= 0.3 is 24.7 Å². The molecule has 0 saturated carbocycles. The van der Waals surface area contributed by atoms with Crippen LogP contribution < -0.4 is 87.4 Å². The third kappa shape index (κ3) is 18.5. The van der Waals surface area contributed by atoms with Crippen molar-refractivity contribution in [3.63, 3.8) is 0 Å². The molecule has 16 rings (SSSR count). The summed E-state index contributed by atoms with van der Waals surface area (Å²) in [5, 5.41) is 0.795. The lowest BCUT2D eigenvalue weighted by molar-refractivity contribution is -0.143. The zero-order valence-electron chi connectivity index (χ0n) is 68.2. The minimum absolute atomic E-state index is 0.0211. The predicted octanol–water partition coefficient (Wildman–Crippen LogP) is 18.9. The molecule has 0 atom stereocenters. The van der Waals surface area contributed by atoms with Gasteiger partial charge in [0.25, 0.3) is 0 Å². The fourth-order valence-corrected chi connectivity index (χ4v) is 19.0. The van der Waals surface area contributed by atoms with E-state index in [1.165, 1.54) is 115 Å². The van der Waals surface area contributed by atoms with E-state index in [-0.39, 0.29) is 50.3 Å². The summed E-state index contributed by atoms with van der Waals surface area (Å²) in [6.45, 7) is 5.57. The SMILES string of the molecule is Cc1cc(C)cc([B-](c2cc(C)cc(C(F)(F)F)c2)(c2cc(C)cc(C(F)(F)F)c2)c2cc(C(F)(F)F)cc(C(F)(F)F)c2)c1.Clc1ccccc1[B-](c1ccccc1)(c1ccccc1)c1ccccc1.Fc1ccccc1[B-](c1ccccc1)(c1ccccc1)c1ccccc1.Fc1ccccc1[B-](c1ccccc1F)(c1ccccc1F)c1ccccc1F. The minimum Gasteiger partial charge on any atom is -0.210 e. The van der Waals surface area contributed by atoms with Crippen LogP contribution in [-0.2, 0) is 24.7 Å². The first-order chi connectivity index (χ1) is 60.1. The van der Waals surface area contributed by atoms with Crippen LogP contribution in [0, 0.1) is 56.8 Å². The molecule has 0 aromatic heterocycles. The number of hydrogen-bond donors (Lipinski definition) is 0. The van der Waals surface area contributed by atoms with Crippen LogP contribution >= 0.6 is 11.6 Å². The molecule has 0 fully saturated rings. The Morgan fingerprint density at radius 1 is 0.175 bits per heavy atom. The normalized spacial score (nSPS) is 12.0. The number of rotatable bonds is 16. The van der Waals surface area contributed by atoms with Crippen LogP contribution in [0.4, 0.5) is 74.6 Å². The molecule has 0 aliphatic heterocycles.